The number of carboxylic acid groups (broad SMARTS) is 4. The van der Waals surface area contributed by atoms with Crippen molar-refractivity contribution in [3.8, 4) is 0 Å². The highest BCUT2D eigenvalue weighted by Crippen LogP contribution is 2.08. The molecule has 10 N–H and O–H groups in total. The third kappa shape index (κ3) is 20.0. The smallest absolute Gasteiger partial charge is 0.326 e. The minimum absolute atomic E-state index is 0.0278. The molecule has 0 saturated heterocycles. The zero-order chi connectivity index (χ0) is 31.9. The van der Waals surface area contributed by atoms with Crippen LogP contribution in [0.15, 0.2) is 0 Å². The van der Waals surface area contributed by atoms with E-state index in [9.17, 15) is 43.8 Å². The van der Waals surface area contributed by atoms with Crippen LogP contribution in [-0.4, -0.2) is 93.4 Å². The summed E-state index contributed by atoms with van der Waals surface area (Å²) < 4.78 is 0. The summed E-state index contributed by atoms with van der Waals surface area (Å²) in [4.78, 5) is 80.5. The Labute approximate surface area is 244 Å². The summed E-state index contributed by atoms with van der Waals surface area (Å²) in [6.45, 7) is 0.758. The molecule has 0 fully saturated rings. The Bertz CT molecular complexity index is 900. The van der Waals surface area contributed by atoms with Crippen LogP contribution in [0.25, 0.3) is 0 Å². The molecular weight excluding hydrogens is 558 g/mol. The zero-order valence-corrected chi connectivity index (χ0v) is 23.8. The summed E-state index contributed by atoms with van der Waals surface area (Å²) in [5.74, 6) is -5.59. The van der Waals surface area contributed by atoms with Crippen molar-refractivity contribution in [1.29, 1.82) is 0 Å². The first-order valence-corrected chi connectivity index (χ1v) is 14.1. The first kappa shape index (κ1) is 38.0. The summed E-state index contributed by atoms with van der Waals surface area (Å²) >= 11 is 0. The van der Waals surface area contributed by atoms with Crippen LogP contribution >= 0.6 is 0 Å². The first-order valence-electron chi connectivity index (χ1n) is 14.1. The SMILES string of the molecule is NCCCCC(NC(=O)CCCCCCC(=O)NCCCCC(NC(=O)N[C@@H](CCC(=O)O)C(=O)O)C(=O)O)C(=O)O. The molecule has 0 rings (SSSR count). The number of aliphatic carboxylic acids is 4. The molecule has 2 unspecified atom stereocenters. The van der Waals surface area contributed by atoms with E-state index in [0.717, 1.165) is 0 Å². The maximum atomic E-state index is 12.0. The number of carbonyl (C=O) groups is 7. The molecule has 0 spiro atoms. The Morgan fingerprint density at radius 2 is 1.00 bits per heavy atom. The molecule has 0 aromatic carbocycles. The monoisotopic (exact) mass is 603 g/mol. The van der Waals surface area contributed by atoms with Gasteiger partial charge in [-0.05, 0) is 64.3 Å². The molecule has 0 heterocycles. The molecule has 240 valence electrons. The highest BCUT2D eigenvalue weighted by molar-refractivity contribution is 5.86. The molecule has 0 aliphatic rings. The van der Waals surface area contributed by atoms with Crippen molar-refractivity contribution in [2.24, 2.45) is 5.73 Å². The van der Waals surface area contributed by atoms with Crippen molar-refractivity contribution in [2.45, 2.75) is 108 Å². The predicted octanol–water partition coefficient (Wildman–Crippen LogP) is 0.382. The van der Waals surface area contributed by atoms with Crippen LogP contribution in [0.5, 0.6) is 0 Å². The van der Waals surface area contributed by atoms with E-state index in [0.29, 0.717) is 70.9 Å². The van der Waals surface area contributed by atoms with Gasteiger partial charge in [0.25, 0.3) is 0 Å². The van der Waals surface area contributed by atoms with Crippen LogP contribution in [0.4, 0.5) is 4.79 Å². The summed E-state index contributed by atoms with van der Waals surface area (Å²) in [7, 11) is 0. The average molecular weight is 604 g/mol. The number of hydrogen-bond acceptors (Lipinski definition) is 8. The zero-order valence-electron chi connectivity index (χ0n) is 23.8. The van der Waals surface area contributed by atoms with E-state index in [4.69, 9.17) is 15.9 Å². The number of nitrogens with one attached hydrogen (secondary N) is 4. The highest BCUT2D eigenvalue weighted by Gasteiger charge is 2.25. The summed E-state index contributed by atoms with van der Waals surface area (Å²) in [6, 6.07) is -4.76. The highest BCUT2D eigenvalue weighted by atomic mass is 16.4. The number of nitrogens with two attached hydrogens (primary N) is 1. The van der Waals surface area contributed by atoms with Crippen molar-refractivity contribution in [3.05, 3.63) is 0 Å². The second kappa shape index (κ2) is 22.7. The molecular formula is C26H45N5O11. The molecule has 0 aliphatic heterocycles. The van der Waals surface area contributed by atoms with Crippen LogP contribution in [0.3, 0.4) is 0 Å². The number of carboxylic acids is 4. The quantitative estimate of drug-likeness (QED) is 0.0641. The van der Waals surface area contributed by atoms with Gasteiger partial charge >= 0.3 is 29.9 Å². The largest absolute Gasteiger partial charge is 0.481 e. The molecule has 42 heavy (non-hydrogen) atoms. The first-order chi connectivity index (χ1) is 19.9. The minimum atomic E-state index is -1.49. The molecule has 0 radical (unpaired) electrons. The summed E-state index contributed by atoms with van der Waals surface area (Å²) in [5, 5.41) is 45.7. The fourth-order valence-electron chi connectivity index (χ4n) is 3.87. The molecule has 16 nitrogen and oxygen atoms in total. The number of hydrogen-bond donors (Lipinski definition) is 9. The van der Waals surface area contributed by atoms with Gasteiger partial charge in [-0.15, -0.1) is 0 Å². The Hall–Kier alpha value is -3.95. The Morgan fingerprint density at radius 3 is 1.50 bits per heavy atom. The molecule has 16 heteroatoms. The fourth-order valence-corrected chi connectivity index (χ4v) is 3.87. The van der Waals surface area contributed by atoms with E-state index in [1.807, 2.05) is 0 Å². The van der Waals surface area contributed by atoms with E-state index in [1.54, 1.807) is 0 Å². The topological polar surface area (TPSA) is 275 Å². The predicted molar refractivity (Wildman–Crippen MR) is 148 cm³/mol. The van der Waals surface area contributed by atoms with E-state index < -0.39 is 54.5 Å². The van der Waals surface area contributed by atoms with Crippen molar-refractivity contribution < 1.29 is 54.0 Å². The average Bonchev–Trinajstić information content (AvgIpc) is 2.91. The lowest BCUT2D eigenvalue weighted by Gasteiger charge is -2.18. The fraction of sp³-hybridized carbons (Fsp3) is 0.731. The van der Waals surface area contributed by atoms with Crippen molar-refractivity contribution >= 4 is 41.7 Å². The van der Waals surface area contributed by atoms with Gasteiger partial charge in [0.2, 0.25) is 11.8 Å². The van der Waals surface area contributed by atoms with Gasteiger partial charge in [-0.3, -0.25) is 14.4 Å². The third-order valence-corrected chi connectivity index (χ3v) is 6.23. The van der Waals surface area contributed by atoms with E-state index in [1.165, 1.54) is 0 Å². The molecule has 4 amide bonds. The van der Waals surface area contributed by atoms with Crippen molar-refractivity contribution in [2.75, 3.05) is 13.1 Å². The Morgan fingerprint density at radius 1 is 0.524 bits per heavy atom. The standard InChI is InChI=1S/C26H45N5O11/c27-15-7-5-9-17(23(36)37)29-21(33)12-4-2-1-3-11-20(32)28-16-8-6-10-18(24(38)39)30-26(42)31-19(25(40)41)13-14-22(34)35/h17-19H,1-16,27H2,(H,28,32)(H,29,33)(H,34,35)(H,36,37)(H,38,39)(H,40,41)(H2,30,31,42)/t17?,18?,19-/m0/s1. The van der Waals surface area contributed by atoms with Crippen LogP contribution in [0.2, 0.25) is 0 Å². The van der Waals surface area contributed by atoms with Crippen LogP contribution in [0, 0.1) is 0 Å². The molecule has 0 bridgehead atoms. The third-order valence-electron chi connectivity index (χ3n) is 6.23. The van der Waals surface area contributed by atoms with E-state index in [2.05, 4.69) is 21.3 Å². The summed E-state index contributed by atoms with van der Waals surface area (Å²) in [5.41, 5.74) is 5.40. The maximum absolute atomic E-state index is 12.0. The van der Waals surface area contributed by atoms with Gasteiger partial charge in [0.05, 0.1) is 0 Å². The number of carbonyl (C=O) groups excluding carboxylic acids is 3. The second-order valence-electron chi connectivity index (χ2n) is 9.83. The van der Waals surface area contributed by atoms with Gasteiger partial charge in [-0.1, -0.05) is 12.8 Å². The van der Waals surface area contributed by atoms with Gasteiger partial charge in [-0.2, -0.15) is 0 Å². The number of unbranched alkanes of at least 4 members (excludes halogenated alkanes) is 5. The number of amides is 4. The van der Waals surface area contributed by atoms with Crippen LogP contribution < -0.4 is 27.0 Å². The lowest BCUT2D eigenvalue weighted by atomic mass is 10.1. The van der Waals surface area contributed by atoms with E-state index >= 15 is 0 Å². The lowest BCUT2D eigenvalue weighted by molar-refractivity contribution is -0.142. The molecule has 0 aromatic heterocycles. The molecule has 0 aromatic rings. The van der Waals surface area contributed by atoms with Gasteiger partial charge in [0.15, 0.2) is 0 Å². The van der Waals surface area contributed by atoms with E-state index in [-0.39, 0.29) is 37.5 Å². The number of rotatable bonds is 25. The molecule has 0 aliphatic carbocycles. The maximum Gasteiger partial charge on any atom is 0.326 e. The van der Waals surface area contributed by atoms with Gasteiger partial charge in [0, 0.05) is 25.8 Å². The Balaban J connectivity index is 4.10. The van der Waals surface area contributed by atoms with Crippen molar-refractivity contribution in [3.63, 3.8) is 0 Å². The lowest BCUT2D eigenvalue weighted by Crippen LogP contribution is -2.51. The van der Waals surface area contributed by atoms with Gasteiger partial charge in [-0.25, -0.2) is 19.2 Å². The van der Waals surface area contributed by atoms with Gasteiger partial charge < -0.3 is 47.4 Å². The van der Waals surface area contributed by atoms with Crippen LogP contribution in [-0.2, 0) is 28.8 Å². The minimum Gasteiger partial charge on any atom is -0.481 e. The second-order valence-corrected chi connectivity index (χ2v) is 9.83. The number of urea groups is 1. The van der Waals surface area contributed by atoms with Gasteiger partial charge in [0.1, 0.15) is 18.1 Å². The summed E-state index contributed by atoms with van der Waals surface area (Å²) in [6.07, 6.45) is 4.66. The molecule has 0 saturated carbocycles. The Kier molecular flexibility index (Phi) is 20.6. The van der Waals surface area contributed by atoms with Crippen LogP contribution in [0.1, 0.15) is 89.9 Å². The molecule has 3 atom stereocenters. The van der Waals surface area contributed by atoms with Crippen molar-refractivity contribution in [1.82, 2.24) is 21.3 Å². The normalized spacial score (nSPS) is 12.8.